The van der Waals surface area contributed by atoms with Crippen molar-refractivity contribution in [2.24, 2.45) is 11.8 Å². The molecule has 0 heterocycles. The van der Waals surface area contributed by atoms with Crippen LogP contribution >= 0.6 is 0 Å². The summed E-state index contributed by atoms with van der Waals surface area (Å²) in [5.41, 5.74) is 0. The van der Waals surface area contributed by atoms with Gasteiger partial charge < -0.3 is 10.6 Å². The molecule has 3 fully saturated rings. The Morgan fingerprint density at radius 1 is 0.882 bits per heavy atom. The zero-order valence-electron chi connectivity index (χ0n) is 10.6. The summed E-state index contributed by atoms with van der Waals surface area (Å²) in [6.07, 6.45) is 11.5. The Balaban J connectivity index is 1.44. The number of urea groups is 1. The molecule has 0 aromatic heterocycles. The number of amides is 2. The maximum Gasteiger partial charge on any atom is 0.315 e. The zero-order valence-corrected chi connectivity index (χ0v) is 10.6. The molecule has 2 N–H and O–H groups in total. The molecule has 0 spiro atoms. The molecule has 2 bridgehead atoms. The number of hydrogen-bond donors (Lipinski definition) is 2. The molecule has 0 aromatic rings. The molecule has 0 saturated heterocycles. The standard InChI is InChI=1S/C14H24N2O/c17-14(15-12-4-2-1-3-5-12)16-13-9-10-6-7-11(13)8-10/h10-13H,1-9H2,(H2,15,16,17)/t10-,11+,13-/m0/s1. The average molecular weight is 236 g/mol. The van der Waals surface area contributed by atoms with Gasteiger partial charge in [0.15, 0.2) is 0 Å². The fraction of sp³-hybridized carbons (Fsp3) is 0.929. The van der Waals surface area contributed by atoms with Gasteiger partial charge in [-0.1, -0.05) is 25.7 Å². The maximum absolute atomic E-state index is 11.9. The van der Waals surface area contributed by atoms with Crippen molar-refractivity contribution in [1.82, 2.24) is 10.6 Å². The minimum atomic E-state index is 0.0921. The van der Waals surface area contributed by atoms with Crippen molar-refractivity contribution in [2.45, 2.75) is 69.9 Å². The summed E-state index contributed by atoms with van der Waals surface area (Å²) in [5, 5.41) is 6.36. The van der Waals surface area contributed by atoms with Crippen molar-refractivity contribution < 1.29 is 4.79 Å². The highest BCUT2D eigenvalue weighted by Crippen LogP contribution is 2.44. The predicted molar refractivity (Wildman–Crippen MR) is 67.8 cm³/mol. The van der Waals surface area contributed by atoms with Gasteiger partial charge in [-0.05, 0) is 43.9 Å². The van der Waals surface area contributed by atoms with Crippen LogP contribution in [-0.4, -0.2) is 18.1 Å². The van der Waals surface area contributed by atoms with Crippen LogP contribution in [0.25, 0.3) is 0 Å². The smallest absolute Gasteiger partial charge is 0.315 e. The normalized spacial score (nSPS) is 37.1. The number of hydrogen-bond acceptors (Lipinski definition) is 1. The van der Waals surface area contributed by atoms with E-state index < -0.39 is 0 Å². The topological polar surface area (TPSA) is 41.1 Å². The third kappa shape index (κ3) is 2.58. The average Bonchev–Trinajstić information content (AvgIpc) is 2.92. The molecular formula is C14H24N2O. The van der Waals surface area contributed by atoms with Crippen molar-refractivity contribution in [3.05, 3.63) is 0 Å². The fourth-order valence-electron chi connectivity index (χ4n) is 4.06. The van der Waals surface area contributed by atoms with Gasteiger partial charge in [-0.3, -0.25) is 0 Å². The van der Waals surface area contributed by atoms with E-state index in [1.807, 2.05) is 0 Å². The largest absolute Gasteiger partial charge is 0.335 e. The minimum Gasteiger partial charge on any atom is -0.335 e. The molecule has 0 aromatic carbocycles. The first-order valence-corrected chi connectivity index (χ1v) is 7.38. The van der Waals surface area contributed by atoms with E-state index in [2.05, 4.69) is 10.6 Å². The third-order valence-corrected chi connectivity index (χ3v) is 4.99. The van der Waals surface area contributed by atoms with E-state index in [0.717, 1.165) is 11.8 Å². The van der Waals surface area contributed by atoms with Gasteiger partial charge in [0.05, 0.1) is 0 Å². The van der Waals surface area contributed by atoms with Crippen molar-refractivity contribution in [1.29, 1.82) is 0 Å². The molecule has 3 rings (SSSR count). The van der Waals surface area contributed by atoms with E-state index in [1.165, 1.54) is 57.8 Å². The first-order valence-electron chi connectivity index (χ1n) is 7.38. The molecule has 0 aliphatic heterocycles. The van der Waals surface area contributed by atoms with E-state index in [4.69, 9.17) is 0 Å². The summed E-state index contributed by atoms with van der Waals surface area (Å²) in [4.78, 5) is 11.9. The molecule has 3 nitrogen and oxygen atoms in total. The quantitative estimate of drug-likeness (QED) is 0.760. The minimum absolute atomic E-state index is 0.0921. The van der Waals surface area contributed by atoms with Crippen LogP contribution in [0.5, 0.6) is 0 Å². The lowest BCUT2D eigenvalue weighted by atomic mass is 9.95. The van der Waals surface area contributed by atoms with Crippen LogP contribution in [-0.2, 0) is 0 Å². The molecule has 3 heteroatoms. The second-order valence-corrected chi connectivity index (χ2v) is 6.23. The molecule has 0 radical (unpaired) electrons. The highest BCUT2D eigenvalue weighted by Gasteiger charge is 2.40. The van der Waals surface area contributed by atoms with Crippen LogP contribution in [0.1, 0.15) is 57.8 Å². The van der Waals surface area contributed by atoms with E-state index >= 15 is 0 Å². The Morgan fingerprint density at radius 3 is 2.35 bits per heavy atom. The number of fused-ring (bicyclic) bond motifs is 2. The maximum atomic E-state index is 11.9. The van der Waals surface area contributed by atoms with Gasteiger partial charge in [-0.2, -0.15) is 0 Å². The molecular weight excluding hydrogens is 212 g/mol. The van der Waals surface area contributed by atoms with E-state index in [9.17, 15) is 4.79 Å². The summed E-state index contributed by atoms with van der Waals surface area (Å²) < 4.78 is 0. The van der Waals surface area contributed by atoms with Gasteiger partial charge in [-0.25, -0.2) is 4.79 Å². The summed E-state index contributed by atoms with van der Waals surface area (Å²) in [7, 11) is 0. The van der Waals surface area contributed by atoms with Gasteiger partial charge in [0.25, 0.3) is 0 Å². The molecule has 3 aliphatic carbocycles. The number of rotatable bonds is 2. The second-order valence-electron chi connectivity index (χ2n) is 6.23. The van der Waals surface area contributed by atoms with Crippen molar-refractivity contribution >= 4 is 6.03 Å². The van der Waals surface area contributed by atoms with Gasteiger partial charge in [0.1, 0.15) is 0 Å². The summed E-state index contributed by atoms with van der Waals surface area (Å²) >= 11 is 0. The predicted octanol–water partition coefficient (Wildman–Crippen LogP) is 2.81. The Kier molecular flexibility index (Phi) is 3.26. The first-order chi connectivity index (χ1) is 8.31. The molecule has 3 atom stereocenters. The van der Waals surface area contributed by atoms with Crippen LogP contribution in [0.3, 0.4) is 0 Å². The van der Waals surface area contributed by atoms with Crippen molar-refractivity contribution in [2.75, 3.05) is 0 Å². The molecule has 3 aliphatic rings. The molecule has 96 valence electrons. The van der Waals surface area contributed by atoms with Gasteiger partial charge >= 0.3 is 6.03 Å². The second kappa shape index (κ2) is 4.87. The Bertz CT molecular complexity index is 286. The van der Waals surface area contributed by atoms with Gasteiger partial charge in [-0.15, -0.1) is 0 Å². The zero-order chi connectivity index (χ0) is 11.7. The summed E-state index contributed by atoms with van der Waals surface area (Å²) in [6.45, 7) is 0. The highest BCUT2D eigenvalue weighted by atomic mass is 16.2. The number of carbonyl (C=O) groups excluding carboxylic acids is 1. The number of nitrogens with one attached hydrogen (secondary N) is 2. The fourth-order valence-corrected chi connectivity index (χ4v) is 4.06. The van der Waals surface area contributed by atoms with Crippen molar-refractivity contribution in [3.63, 3.8) is 0 Å². The molecule has 17 heavy (non-hydrogen) atoms. The summed E-state index contributed by atoms with van der Waals surface area (Å²) in [5.74, 6) is 1.68. The lowest BCUT2D eigenvalue weighted by Crippen LogP contribution is -2.48. The third-order valence-electron chi connectivity index (χ3n) is 4.99. The molecule has 3 saturated carbocycles. The lowest BCUT2D eigenvalue weighted by Gasteiger charge is -2.26. The number of carbonyl (C=O) groups is 1. The Hall–Kier alpha value is -0.730. The Labute approximate surface area is 104 Å². The molecule has 0 unspecified atom stereocenters. The van der Waals surface area contributed by atoms with Crippen LogP contribution in [0.4, 0.5) is 4.79 Å². The van der Waals surface area contributed by atoms with Crippen LogP contribution in [0.15, 0.2) is 0 Å². The highest BCUT2D eigenvalue weighted by molar-refractivity contribution is 5.74. The van der Waals surface area contributed by atoms with Crippen LogP contribution < -0.4 is 10.6 Å². The van der Waals surface area contributed by atoms with E-state index in [-0.39, 0.29) is 6.03 Å². The van der Waals surface area contributed by atoms with Crippen LogP contribution in [0.2, 0.25) is 0 Å². The Morgan fingerprint density at radius 2 is 1.71 bits per heavy atom. The summed E-state index contributed by atoms with van der Waals surface area (Å²) in [6, 6.07) is 0.995. The van der Waals surface area contributed by atoms with Gasteiger partial charge in [0, 0.05) is 12.1 Å². The van der Waals surface area contributed by atoms with E-state index in [0.29, 0.717) is 12.1 Å². The van der Waals surface area contributed by atoms with Gasteiger partial charge in [0.2, 0.25) is 0 Å². The monoisotopic (exact) mass is 236 g/mol. The first kappa shape index (κ1) is 11.4. The lowest BCUT2D eigenvalue weighted by molar-refractivity contribution is 0.223. The SMILES string of the molecule is O=C(NC1CCCCC1)N[C@H]1C[C@H]2CC[C@@H]1C2. The van der Waals surface area contributed by atoms with Crippen LogP contribution in [0, 0.1) is 11.8 Å². The van der Waals surface area contributed by atoms with Crippen molar-refractivity contribution in [3.8, 4) is 0 Å². The molecule has 2 amide bonds. The van der Waals surface area contributed by atoms with E-state index in [1.54, 1.807) is 0 Å².